The molecule has 0 amide bonds. The maximum atomic E-state index is 5.55. The Bertz CT molecular complexity index is 473. The highest BCUT2D eigenvalue weighted by molar-refractivity contribution is 5.73. The number of anilines is 1. The van der Waals surface area contributed by atoms with Gasteiger partial charge in [-0.25, -0.2) is 4.98 Å². The van der Waals surface area contributed by atoms with Crippen LogP contribution in [0.3, 0.4) is 0 Å². The predicted octanol–water partition coefficient (Wildman–Crippen LogP) is 1.07. The number of nitrogens with zero attached hydrogens (tertiary/aromatic N) is 2. The van der Waals surface area contributed by atoms with Crippen molar-refractivity contribution < 1.29 is 9.47 Å². The lowest BCUT2D eigenvalue weighted by Gasteiger charge is -2.09. The van der Waals surface area contributed by atoms with Gasteiger partial charge < -0.3 is 15.2 Å². The summed E-state index contributed by atoms with van der Waals surface area (Å²) in [6.07, 6.45) is 1.61. The Labute approximate surface area is 92.4 Å². The molecule has 2 aromatic heterocycles. The average molecular weight is 220 g/mol. The highest BCUT2D eigenvalue weighted by Gasteiger charge is 2.15. The summed E-state index contributed by atoms with van der Waals surface area (Å²) in [6, 6.07) is 3.44. The van der Waals surface area contributed by atoms with E-state index in [4.69, 9.17) is 15.2 Å². The van der Waals surface area contributed by atoms with Gasteiger partial charge in [0.05, 0.1) is 19.9 Å². The quantitative estimate of drug-likeness (QED) is 0.808. The second kappa shape index (κ2) is 4.09. The number of aromatic nitrogens is 3. The van der Waals surface area contributed by atoms with Crippen molar-refractivity contribution in [2.75, 3.05) is 20.0 Å². The predicted molar refractivity (Wildman–Crippen MR) is 59.3 cm³/mol. The molecular weight excluding hydrogens is 208 g/mol. The van der Waals surface area contributed by atoms with Crippen LogP contribution in [0.4, 0.5) is 5.82 Å². The number of nitrogen functional groups attached to an aromatic ring is 1. The van der Waals surface area contributed by atoms with E-state index in [0.29, 0.717) is 28.7 Å². The topological polar surface area (TPSA) is 86.1 Å². The molecule has 0 aromatic carbocycles. The number of ether oxygens (including phenoxy) is 2. The van der Waals surface area contributed by atoms with Crippen LogP contribution in [0.2, 0.25) is 0 Å². The summed E-state index contributed by atoms with van der Waals surface area (Å²) in [5.41, 5.74) is 6.97. The number of hydrogen-bond donors (Lipinski definition) is 2. The molecule has 6 nitrogen and oxygen atoms in total. The smallest absolute Gasteiger partial charge is 0.226 e. The highest BCUT2D eigenvalue weighted by atomic mass is 16.5. The Hall–Kier alpha value is -2.24. The van der Waals surface area contributed by atoms with Gasteiger partial charge in [-0.15, -0.1) is 0 Å². The Balaban J connectivity index is 2.60. The molecule has 3 N–H and O–H groups in total. The minimum absolute atomic E-state index is 0.406. The van der Waals surface area contributed by atoms with Gasteiger partial charge in [0.1, 0.15) is 17.1 Å². The van der Waals surface area contributed by atoms with Crippen molar-refractivity contribution in [3.63, 3.8) is 0 Å². The molecule has 0 aliphatic heterocycles. The monoisotopic (exact) mass is 220 g/mol. The Morgan fingerprint density at radius 1 is 1.31 bits per heavy atom. The molecule has 0 aliphatic carbocycles. The molecule has 6 heteroatoms. The summed E-state index contributed by atoms with van der Waals surface area (Å²) < 4.78 is 10.4. The van der Waals surface area contributed by atoms with Gasteiger partial charge in [-0.2, -0.15) is 5.10 Å². The lowest BCUT2D eigenvalue weighted by atomic mass is 10.2. The molecule has 0 saturated carbocycles. The van der Waals surface area contributed by atoms with Crippen molar-refractivity contribution in [1.29, 1.82) is 0 Å². The first-order chi connectivity index (χ1) is 7.76. The summed E-state index contributed by atoms with van der Waals surface area (Å²) in [4.78, 5) is 4.10. The summed E-state index contributed by atoms with van der Waals surface area (Å²) in [7, 11) is 3.13. The van der Waals surface area contributed by atoms with Crippen molar-refractivity contribution in [3.8, 4) is 22.9 Å². The number of rotatable bonds is 3. The lowest BCUT2D eigenvalue weighted by Crippen LogP contribution is -1.95. The SMILES string of the molecule is COc1ccnc(OC)c1-c1cc(N)n[nH]1. The highest BCUT2D eigenvalue weighted by Crippen LogP contribution is 2.35. The number of hydrogen-bond acceptors (Lipinski definition) is 5. The van der Waals surface area contributed by atoms with Gasteiger partial charge in [0, 0.05) is 12.3 Å². The number of aromatic amines is 1. The molecule has 0 saturated heterocycles. The summed E-state index contributed by atoms with van der Waals surface area (Å²) in [5, 5.41) is 6.65. The number of H-pyrrole nitrogens is 1. The molecule has 2 rings (SSSR count). The third-order valence-corrected chi connectivity index (χ3v) is 2.16. The first kappa shape index (κ1) is 10.3. The van der Waals surface area contributed by atoms with E-state index in [-0.39, 0.29) is 0 Å². The van der Waals surface area contributed by atoms with Gasteiger partial charge in [-0.1, -0.05) is 0 Å². The third kappa shape index (κ3) is 1.65. The molecule has 84 valence electrons. The second-order valence-electron chi connectivity index (χ2n) is 3.10. The fourth-order valence-corrected chi connectivity index (χ4v) is 1.46. The molecule has 0 aliphatic rings. The van der Waals surface area contributed by atoms with Crippen LogP contribution in [0.15, 0.2) is 18.3 Å². The summed E-state index contributed by atoms with van der Waals surface area (Å²) in [6.45, 7) is 0. The zero-order chi connectivity index (χ0) is 11.5. The van der Waals surface area contributed by atoms with Gasteiger partial charge in [-0.3, -0.25) is 5.10 Å². The van der Waals surface area contributed by atoms with Crippen LogP contribution >= 0.6 is 0 Å². The van der Waals surface area contributed by atoms with Crippen LogP contribution in [0.1, 0.15) is 0 Å². The number of methoxy groups -OCH3 is 2. The maximum Gasteiger partial charge on any atom is 0.226 e. The normalized spacial score (nSPS) is 10.1. The molecule has 0 spiro atoms. The van der Waals surface area contributed by atoms with Crippen molar-refractivity contribution >= 4 is 5.82 Å². The van der Waals surface area contributed by atoms with Crippen molar-refractivity contribution in [1.82, 2.24) is 15.2 Å². The fourth-order valence-electron chi connectivity index (χ4n) is 1.46. The minimum Gasteiger partial charge on any atom is -0.496 e. The van der Waals surface area contributed by atoms with E-state index in [2.05, 4.69) is 15.2 Å². The first-order valence-corrected chi connectivity index (χ1v) is 4.64. The van der Waals surface area contributed by atoms with Gasteiger partial charge in [-0.05, 0) is 6.07 Å². The molecule has 2 aromatic rings. The van der Waals surface area contributed by atoms with Crippen molar-refractivity contribution in [2.45, 2.75) is 0 Å². The van der Waals surface area contributed by atoms with Crippen LogP contribution < -0.4 is 15.2 Å². The molecule has 2 heterocycles. The molecule has 0 fully saturated rings. The first-order valence-electron chi connectivity index (χ1n) is 4.64. The van der Waals surface area contributed by atoms with E-state index in [1.54, 1.807) is 32.5 Å². The standard InChI is InChI=1S/C10H12N4O2/c1-15-7-3-4-12-10(16-2)9(7)6-5-8(11)14-13-6/h3-5H,1-2H3,(H3,11,13,14). The zero-order valence-electron chi connectivity index (χ0n) is 9.02. The Morgan fingerprint density at radius 2 is 2.12 bits per heavy atom. The summed E-state index contributed by atoms with van der Waals surface area (Å²) >= 11 is 0. The molecule has 0 bridgehead atoms. The van der Waals surface area contributed by atoms with Gasteiger partial charge in [0.15, 0.2) is 0 Å². The van der Waals surface area contributed by atoms with Gasteiger partial charge in [0.2, 0.25) is 5.88 Å². The van der Waals surface area contributed by atoms with Crippen LogP contribution in [-0.4, -0.2) is 29.4 Å². The summed E-state index contributed by atoms with van der Waals surface area (Å²) in [5.74, 6) is 1.52. The molecule has 0 unspecified atom stereocenters. The van der Waals surface area contributed by atoms with E-state index in [1.807, 2.05) is 0 Å². The molecular formula is C10H12N4O2. The Kier molecular flexibility index (Phi) is 2.63. The lowest BCUT2D eigenvalue weighted by molar-refractivity contribution is 0.385. The third-order valence-electron chi connectivity index (χ3n) is 2.16. The van der Waals surface area contributed by atoms with Gasteiger partial charge >= 0.3 is 0 Å². The van der Waals surface area contributed by atoms with Crippen LogP contribution in [0.5, 0.6) is 11.6 Å². The number of pyridine rings is 1. The Morgan fingerprint density at radius 3 is 2.69 bits per heavy atom. The number of nitrogens with two attached hydrogens (primary N) is 1. The van der Waals surface area contributed by atoms with Crippen LogP contribution in [0.25, 0.3) is 11.3 Å². The van der Waals surface area contributed by atoms with E-state index < -0.39 is 0 Å². The van der Waals surface area contributed by atoms with E-state index in [9.17, 15) is 0 Å². The minimum atomic E-state index is 0.406. The molecule has 0 atom stereocenters. The van der Waals surface area contributed by atoms with Crippen LogP contribution in [0, 0.1) is 0 Å². The van der Waals surface area contributed by atoms with Gasteiger partial charge in [0.25, 0.3) is 0 Å². The second-order valence-corrected chi connectivity index (χ2v) is 3.10. The van der Waals surface area contributed by atoms with E-state index in [0.717, 1.165) is 0 Å². The number of nitrogens with one attached hydrogen (secondary N) is 1. The molecule has 16 heavy (non-hydrogen) atoms. The molecule has 0 radical (unpaired) electrons. The maximum absolute atomic E-state index is 5.55. The van der Waals surface area contributed by atoms with E-state index >= 15 is 0 Å². The largest absolute Gasteiger partial charge is 0.496 e. The fraction of sp³-hybridized carbons (Fsp3) is 0.200. The van der Waals surface area contributed by atoms with Crippen LogP contribution in [-0.2, 0) is 0 Å². The zero-order valence-corrected chi connectivity index (χ0v) is 9.02. The van der Waals surface area contributed by atoms with E-state index in [1.165, 1.54) is 0 Å². The van der Waals surface area contributed by atoms with Crippen molar-refractivity contribution in [2.24, 2.45) is 0 Å². The average Bonchev–Trinajstić information content (AvgIpc) is 2.74. The van der Waals surface area contributed by atoms with Crippen molar-refractivity contribution in [3.05, 3.63) is 18.3 Å².